The van der Waals surface area contributed by atoms with Crippen molar-refractivity contribution in [3.63, 3.8) is 0 Å². The van der Waals surface area contributed by atoms with Crippen LogP contribution in [-0.2, 0) is 10.0 Å². The Hall–Kier alpha value is -0.130. The maximum atomic E-state index is 12.5. The maximum absolute atomic E-state index is 12.5. The largest absolute Gasteiger partial charge is 0.392 e. The second-order valence-corrected chi connectivity index (χ2v) is 7.97. The van der Waals surface area contributed by atoms with Gasteiger partial charge in [0.2, 0.25) is 10.0 Å². The molecule has 19 heavy (non-hydrogen) atoms. The summed E-state index contributed by atoms with van der Waals surface area (Å²) in [5.41, 5.74) is 0. The Kier molecular flexibility index (Phi) is 6.77. The summed E-state index contributed by atoms with van der Waals surface area (Å²) in [5, 5.41) is 9.60. The van der Waals surface area contributed by atoms with Crippen LogP contribution in [0.2, 0.25) is 0 Å². The van der Waals surface area contributed by atoms with Crippen LogP contribution in [-0.4, -0.2) is 42.3 Å². The van der Waals surface area contributed by atoms with Gasteiger partial charge in [-0.05, 0) is 25.7 Å². The molecular weight excluding hydrogens is 262 g/mol. The molecule has 2 unspecified atom stereocenters. The molecule has 2 atom stereocenters. The van der Waals surface area contributed by atoms with Crippen LogP contribution in [0.4, 0.5) is 0 Å². The van der Waals surface area contributed by atoms with E-state index in [1.165, 1.54) is 6.42 Å². The first-order valence-corrected chi connectivity index (χ1v) is 9.15. The van der Waals surface area contributed by atoms with Crippen molar-refractivity contribution in [2.45, 2.75) is 71.4 Å². The van der Waals surface area contributed by atoms with Crippen molar-refractivity contribution in [2.24, 2.45) is 5.92 Å². The standard InChI is InChI=1S/C14H29NO3S/c1-4-12(2)11-19(17,18)15(10-13(3)16)14-8-6-5-7-9-14/h12-14,16H,4-11H2,1-3H3. The van der Waals surface area contributed by atoms with Crippen molar-refractivity contribution in [1.82, 2.24) is 4.31 Å². The molecule has 0 bridgehead atoms. The zero-order valence-electron chi connectivity index (χ0n) is 12.5. The number of hydrogen-bond donors (Lipinski definition) is 1. The molecule has 114 valence electrons. The second-order valence-electron chi connectivity index (χ2n) is 6.00. The maximum Gasteiger partial charge on any atom is 0.214 e. The van der Waals surface area contributed by atoms with E-state index in [1.54, 1.807) is 11.2 Å². The molecule has 0 aromatic rings. The van der Waals surface area contributed by atoms with Gasteiger partial charge in [0.15, 0.2) is 0 Å². The lowest BCUT2D eigenvalue weighted by molar-refractivity contribution is 0.135. The number of hydrogen-bond acceptors (Lipinski definition) is 3. The van der Waals surface area contributed by atoms with E-state index in [0.29, 0.717) is 0 Å². The molecule has 0 radical (unpaired) electrons. The van der Waals surface area contributed by atoms with Crippen molar-refractivity contribution in [2.75, 3.05) is 12.3 Å². The Labute approximate surface area is 118 Å². The van der Waals surface area contributed by atoms with Gasteiger partial charge in [-0.15, -0.1) is 0 Å². The Morgan fingerprint density at radius 3 is 2.26 bits per heavy atom. The topological polar surface area (TPSA) is 57.6 Å². The Morgan fingerprint density at radius 2 is 1.79 bits per heavy atom. The number of aliphatic hydroxyl groups is 1. The highest BCUT2D eigenvalue weighted by atomic mass is 32.2. The fraction of sp³-hybridized carbons (Fsp3) is 1.00. The first kappa shape index (κ1) is 16.9. The Balaban J connectivity index is 2.82. The van der Waals surface area contributed by atoms with Gasteiger partial charge in [0, 0.05) is 12.6 Å². The summed E-state index contributed by atoms with van der Waals surface area (Å²) in [6.45, 7) is 5.89. The highest BCUT2D eigenvalue weighted by Gasteiger charge is 2.32. The van der Waals surface area contributed by atoms with Crippen molar-refractivity contribution < 1.29 is 13.5 Å². The van der Waals surface area contributed by atoms with Gasteiger partial charge in [0.1, 0.15) is 0 Å². The molecule has 5 heteroatoms. The first-order chi connectivity index (χ1) is 8.86. The summed E-state index contributed by atoms with van der Waals surface area (Å²) in [7, 11) is -3.26. The minimum Gasteiger partial charge on any atom is -0.392 e. The van der Waals surface area contributed by atoms with Gasteiger partial charge in [-0.3, -0.25) is 0 Å². The molecule has 1 aliphatic carbocycles. The van der Waals surface area contributed by atoms with Gasteiger partial charge in [-0.25, -0.2) is 8.42 Å². The summed E-state index contributed by atoms with van der Waals surface area (Å²) >= 11 is 0. The predicted molar refractivity (Wildman–Crippen MR) is 78.5 cm³/mol. The average Bonchev–Trinajstić information content (AvgIpc) is 2.36. The van der Waals surface area contributed by atoms with E-state index < -0.39 is 16.1 Å². The van der Waals surface area contributed by atoms with Crippen molar-refractivity contribution in [1.29, 1.82) is 0 Å². The second kappa shape index (κ2) is 7.60. The molecule has 0 saturated heterocycles. The highest BCUT2D eigenvalue weighted by molar-refractivity contribution is 7.89. The number of rotatable bonds is 7. The lowest BCUT2D eigenvalue weighted by atomic mass is 9.95. The fourth-order valence-corrected chi connectivity index (χ4v) is 4.95. The number of nitrogens with zero attached hydrogens (tertiary/aromatic N) is 1. The normalized spacial score (nSPS) is 21.5. The van der Waals surface area contributed by atoms with Crippen LogP contribution in [0.5, 0.6) is 0 Å². The van der Waals surface area contributed by atoms with Crippen LogP contribution in [0.15, 0.2) is 0 Å². The van der Waals surface area contributed by atoms with Crippen molar-refractivity contribution in [3.05, 3.63) is 0 Å². The zero-order valence-corrected chi connectivity index (χ0v) is 13.3. The van der Waals surface area contributed by atoms with Crippen LogP contribution in [0.1, 0.15) is 59.3 Å². The zero-order chi connectivity index (χ0) is 14.5. The predicted octanol–water partition coefficient (Wildman–Crippen LogP) is 2.38. The van der Waals surface area contributed by atoms with E-state index >= 15 is 0 Å². The molecular formula is C14H29NO3S. The summed E-state index contributed by atoms with van der Waals surface area (Å²) in [6, 6.07) is 0.0948. The lowest BCUT2D eigenvalue weighted by Crippen LogP contribution is -2.46. The van der Waals surface area contributed by atoms with Crippen LogP contribution in [0.25, 0.3) is 0 Å². The van der Waals surface area contributed by atoms with Gasteiger partial charge >= 0.3 is 0 Å². The summed E-state index contributed by atoms with van der Waals surface area (Å²) in [6.07, 6.45) is 5.53. The number of aliphatic hydroxyl groups excluding tert-OH is 1. The molecule has 0 aliphatic heterocycles. The van der Waals surface area contributed by atoms with Gasteiger partial charge in [-0.1, -0.05) is 39.5 Å². The molecule has 0 amide bonds. The number of sulfonamides is 1. The van der Waals surface area contributed by atoms with Gasteiger partial charge < -0.3 is 5.11 Å². The smallest absolute Gasteiger partial charge is 0.214 e. The summed E-state index contributed by atoms with van der Waals surface area (Å²) in [4.78, 5) is 0. The third-order valence-electron chi connectivity index (χ3n) is 3.98. The molecule has 0 aromatic carbocycles. The van der Waals surface area contributed by atoms with E-state index in [-0.39, 0.29) is 24.3 Å². The molecule has 1 aliphatic rings. The van der Waals surface area contributed by atoms with Crippen LogP contribution >= 0.6 is 0 Å². The lowest BCUT2D eigenvalue weighted by Gasteiger charge is -2.34. The van der Waals surface area contributed by atoms with E-state index in [2.05, 4.69) is 0 Å². The average molecular weight is 291 g/mol. The van der Waals surface area contributed by atoms with Crippen molar-refractivity contribution in [3.8, 4) is 0 Å². The van der Waals surface area contributed by atoms with Crippen LogP contribution < -0.4 is 0 Å². The SMILES string of the molecule is CCC(C)CS(=O)(=O)N(CC(C)O)C1CCCCC1. The first-order valence-electron chi connectivity index (χ1n) is 7.54. The van der Waals surface area contributed by atoms with Crippen molar-refractivity contribution >= 4 is 10.0 Å². The summed E-state index contributed by atoms with van der Waals surface area (Å²) < 4.78 is 26.7. The molecule has 0 heterocycles. The fourth-order valence-electron chi connectivity index (χ4n) is 2.69. The molecule has 0 aromatic heterocycles. The van der Waals surface area contributed by atoms with Gasteiger partial charge in [0.05, 0.1) is 11.9 Å². The highest BCUT2D eigenvalue weighted by Crippen LogP contribution is 2.26. The minimum absolute atomic E-state index is 0.0948. The van der Waals surface area contributed by atoms with E-state index in [4.69, 9.17) is 0 Å². The van der Waals surface area contributed by atoms with Crippen LogP contribution in [0.3, 0.4) is 0 Å². The van der Waals surface area contributed by atoms with Crippen LogP contribution in [0, 0.1) is 5.92 Å². The Bertz CT molecular complexity index is 348. The summed E-state index contributed by atoms with van der Waals surface area (Å²) in [5.74, 6) is 0.372. The monoisotopic (exact) mass is 291 g/mol. The van der Waals surface area contributed by atoms with E-state index in [1.807, 2.05) is 13.8 Å². The molecule has 1 saturated carbocycles. The minimum atomic E-state index is -3.26. The molecule has 4 nitrogen and oxygen atoms in total. The van der Waals surface area contributed by atoms with E-state index in [0.717, 1.165) is 32.1 Å². The Morgan fingerprint density at radius 1 is 1.21 bits per heavy atom. The molecule has 0 spiro atoms. The van der Waals surface area contributed by atoms with Gasteiger partial charge in [-0.2, -0.15) is 4.31 Å². The quantitative estimate of drug-likeness (QED) is 0.783. The third-order valence-corrected chi connectivity index (χ3v) is 6.13. The molecule has 1 rings (SSSR count). The molecule has 1 fully saturated rings. The molecule has 1 N–H and O–H groups in total. The van der Waals surface area contributed by atoms with E-state index in [9.17, 15) is 13.5 Å². The third kappa shape index (κ3) is 5.40. The van der Waals surface area contributed by atoms with Gasteiger partial charge in [0.25, 0.3) is 0 Å².